The van der Waals surface area contributed by atoms with Crippen LogP contribution in [0.3, 0.4) is 0 Å². The van der Waals surface area contributed by atoms with Gasteiger partial charge in [-0.25, -0.2) is 9.29 Å². The number of hydrogen-bond acceptors (Lipinski definition) is 4. The van der Waals surface area contributed by atoms with Crippen molar-refractivity contribution in [2.45, 2.75) is 13.8 Å². The van der Waals surface area contributed by atoms with Crippen molar-refractivity contribution in [2.75, 3.05) is 15.5 Å². The summed E-state index contributed by atoms with van der Waals surface area (Å²) in [6, 6.07) is 15.5. The Kier molecular flexibility index (Phi) is 6.41. The molecule has 0 fully saturated rings. The number of amides is 3. The Morgan fingerprint density at radius 2 is 1.56 bits per heavy atom. The second kappa shape index (κ2) is 9.29. The topological polar surface area (TPSA) is 78.5 Å². The minimum Gasteiger partial charge on any atom is -0.350 e. The lowest BCUT2D eigenvalue weighted by molar-refractivity contribution is -0.120. The molecule has 2 N–H and O–H groups in total. The van der Waals surface area contributed by atoms with Gasteiger partial charge in [0.25, 0.3) is 17.7 Å². The van der Waals surface area contributed by atoms with Crippen molar-refractivity contribution in [1.82, 2.24) is 0 Å². The van der Waals surface area contributed by atoms with Crippen molar-refractivity contribution in [1.29, 1.82) is 0 Å². The average molecular weight is 498 g/mol. The fourth-order valence-electron chi connectivity index (χ4n) is 3.42. The number of benzene rings is 3. The van der Waals surface area contributed by atoms with Crippen molar-refractivity contribution in [2.24, 2.45) is 0 Å². The number of carbonyl (C=O) groups is 3. The number of aryl methyl sites for hydroxylation is 2. The van der Waals surface area contributed by atoms with Crippen LogP contribution in [0.2, 0.25) is 5.02 Å². The van der Waals surface area contributed by atoms with E-state index in [0.29, 0.717) is 22.6 Å². The summed E-state index contributed by atoms with van der Waals surface area (Å²) in [7, 11) is 0. The first-order valence-electron chi connectivity index (χ1n) is 10.1. The summed E-state index contributed by atoms with van der Waals surface area (Å²) in [4.78, 5) is 39.3. The number of nitrogens with one attached hydrogen (secondary N) is 2. The van der Waals surface area contributed by atoms with E-state index in [4.69, 9.17) is 23.2 Å². The lowest BCUT2D eigenvalue weighted by atomic mass is 10.1. The summed E-state index contributed by atoms with van der Waals surface area (Å²) in [5.41, 5.74) is 3.20. The highest BCUT2D eigenvalue weighted by molar-refractivity contribution is 6.53. The van der Waals surface area contributed by atoms with Crippen molar-refractivity contribution in [3.8, 4) is 0 Å². The molecule has 1 aliphatic heterocycles. The van der Waals surface area contributed by atoms with E-state index in [0.717, 1.165) is 22.1 Å². The van der Waals surface area contributed by atoms with Gasteiger partial charge in [0.1, 0.15) is 16.5 Å². The molecule has 0 saturated heterocycles. The second-order valence-electron chi connectivity index (χ2n) is 7.71. The maximum atomic E-state index is 13.3. The van der Waals surface area contributed by atoms with Crippen molar-refractivity contribution in [3.63, 3.8) is 0 Å². The van der Waals surface area contributed by atoms with E-state index in [1.807, 2.05) is 19.1 Å². The summed E-state index contributed by atoms with van der Waals surface area (Å²) in [5.74, 6) is -2.20. The van der Waals surface area contributed by atoms with E-state index >= 15 is 0 Å². The molecule has 172 valence electrons. The molecule has 0 unspecified atom stereocenters. The van der Waals surface area contributed by atoms with E-state index in [9.17, 15) is 18.8 Å². The number of hydrogen-bond donors (Lipinski definition) is 2. The summed E-state index contributed by atoms with van der Waals surface area (Å²) in [5, 5.41) is 5.18. The first-order valence-corrected chi connectivity index (χ1v) is 10.9. The fraction of sp³-hybridized carbons (Fsp3) is 0.0800. The smallest absolute Gasteiger partial charge is 0.283 e. The van der Waals surface area contributed by atoms with E-state index in [2.05, 4.69) is 10.6 Å². The van der Waals surface area contributed by atoms with Gasteiger partial charge in [-0.05, 0) is 73.5 Å². The summed E-state index contributed by atoms with van der Waals surface area (Å²) >= 11 is 11.9. The minimum atomic E-state index is -0.614. The van der Waals surface area contributed by atoms with Gasteiger partial charge in [0, 0.05) is 16.9 Å². The normalized spacial score (nSPS) is 13.5. The zero-order chi connectivity index (χ0) is 24.6. The maximum Gasteiger partial charge on any atom is 0.283 e. The average Bonchev–Trinajstić information content (AvgIpc) is 3.01. The maximum absolute atomic E-state index is 13.3. The number of rotatable bonds is 5. The van der Waals surface area contributed by atoms with Crippen LogP contribution in [0.5, 0.6) is 0 Å². The van der Waals surface area contributed by atoms with Crippen LogP contribution in [0.15, 0.2) is 71.4 Å². The molecule has 1 aliphatic rings. The van der Waals surface area contributed by atoms with E-state index < -0.39 is 23.5 Å². The molecule has 9 heteroatoms. The Labute approximate surface area is 205 Å². The van der Waals surface area contributed by atoms with Gasteiger partial charge < -0.3 is 10.6 Å². The molecular formula is C25H18Cl2FN3O3. The highest BCUT2D eigenvalue weighted by Gasteiger charge is 2.39. The van der Waals surface area contributed by atoms with Gasteiger partial charge >= 0.3 is 0 Å². The highest BCUT2D eigenvalue weighted by atomic mass is 35.5. The van der Waals surface area contributed by atoms with Crippen molar-refractivity contribution in [3.05, 3.63) is 98.9 Å². The number of anilines is 3. The van der Waals surface area contributed by atoms with Crippen molar-refractivity contribution < 1.29 is 18.8 Å². The number of carbonyl (C=O) groups excluding carboxylic acids is 3. The van der Waals surface area contributed by atoms with Crippen LogP contribution in [0.25, 0.3) is 0 Å². The predicted octanol–water partition coefficient (Wildman–Crippen LogP) is 5.78. The number of imide groups is 1. The molecule has 3 aromatic carbocycles. The van der Waals surface area contributed by atoms with Gasteiger partial charge in [-0.1, -0.05) is 35.3 Å². The fourth-order valence-corrected chi connectivity index (χ4v) is 3.81. The standard InChI is InChI=1S/C25H18Cl2FN3O3/c1-13-3-4-14(2)20(11-13)31-24(33)21(27)22(25(31)34)29-16-7-5-15(6-8-16)23(32)30-17-9-10-19(28)18(26)12-17/h3-12,29H,1-2H3,(H,30,32). The van der Waals surface area contributed by atoms with Gasteiger partial charge in [0.2, 0.25) is 0 Å². The second-order valence-corrected chi connectivity index (χ2v) is 8.50. The van der Waals surface area contributed by atoms with Crippen LogP contribution in [0.1, 0.15) is 21.5 Å². The van der Waals surface area contributed by atoms with Gasteiger partial charge in [0.15, 0.2) is 0 Å². The van der Waals surface area contributed by atoms with Crippen LogP contribution < -0.4 is 15.5 Å². The first kappa shape index (κ1) is 23.5. The molecule has 34 heavy (non-hydrogen) atoms. The van der Waals surface area contributed by atoms with E-state index in [1.54, 1.807) is 25.1 Å². The third-order valence-electron chi connectivity index (χ3n) is 5.23. The van der Waals surface area contributed by atoms with Gasteiger partial charge in [-0.15, -0.1) is 0 Å². The Bertz CT molecular complexity index is 1370. The molecular weight excluding hydrogens is 480 g/mol. The minimum absolute atomic E-state index is 0.0503. The molecule has 0 atom stereocenters. The third kappa shape index (κ3) is 4.53. The SMILES string of the molecule is Cc1ccc(C)c(N2C(=O)C(Cl)=C(Nc3ccc(C(=O)Nc4ccc(F)c(Cl)c4)cc3)C2=O)c1. The lowest BCUT2D eigenvalue weighted by Crippen LogP contribution is -2.32. The summed E-state index contributed by atoms with van der Waals surface area (Å²) < 4.78 is 13.3. The van der Waals surface area contributed by atoms with Crippen molar-refractivity contribution >= 4 is 58.0 Å². The summed E-state index contributed by atoms with van der Waals surface area (Å²) in [6.45, 7) is 3.67. The first-order chi connectivity index (χ1) is 16.2. The number of nitrogens with zero attached hydrogens (tertiary/aromatic N) is 1. The zero-order valence-electron chi connectivity index (χ0n) is 18.1. The molecule has 0 saturated carbocycles. The largest absolute Gasteiger partial charge is 0.350 e. The summed E-state index contributed by atoms with van der Waals surface area (Å²) in [6.07, 6.45) is 0. The van der Waals surface area contributed by atoms with Crippen LogP contribution in [0.4, 0.5) is 21.5 Å². The van der Waals surface area contributed by atoms with Crippen LogP contribution in [-0.4, -0.2) is 17.7 Å². The van der Waals surface area contributed by atoms with Crippen LogP contribution >= 0.6 is 23.2 Å². The lowest BCUT2D eigenvalue weighted by Gasteiger charge is -2.18. The van der Waals surface area contributed by atoms with Gasteiger partial charge in [0.05, 0.1) is 10.7 Å². The quantitative estimate of drug-likeness (QED) is 0.437. The third-order valence-corrected chi connectivity index (χ3v) is 5.87. The zero-order valence-corrected chi connectivity index (χ0v) is 19.6. The Hall–Kier alpha value is -3.68. The Morgan fingerprint density at radius 3 is 2.24 bits per heavy atom. The number of halogens is 3. The predicted molar refractivity (Wildman–Crippen MR) is 131 cm³/mol. The molecule has 3 aromatic rings. The molecule has 0 bridgehead atoms. The molecule has 4 rings (SSSR count). The molecule has 6 nitrogen and oxygen atoms in total. The van der Waals surface area contributed by atoms with Crippen LogP contribution in [-0.2, 0) is 9.59 Å². The molecule has 0 aromatic heterocycles. The monoisotopic (exact) mass is 497 g/mol. The molecule has 3 amide bonds. The molecule has 0 spiro atoms. The molecule has 0 aliphatic carbocycles. The molecule has 0 radical (unpaired) electrons. The van der Waals surface area contributed by atoms with Gasteiger partial charge in [-0.3, -0.25) is 14.4 Å². The Morgan fingerprint density at radius 1 is 0.882 bits per heavy atom. The van der Waals surface area contributed by atoms with Gasteiger partial charge in [-0.2, -0.15) is 0 Å². The Balaban J connectivity index is 1.50. The van der Waals surface area contributed by atoms with E-state index in [1.165, 1.54) is 24.3 Å². The van der Waals surface area contributed by atoms with E-state index in [-0.39, 0.29) is 15.8 Å². The highest BCUT2D eigenvalue weighted by Crippen LogP contribution is 2.32. The van der Waals surface area contributed by atoms with Crippen LogP contribution in [0, 0.1) is 19.7 Å². The molecule has 1 heterocycles.